The number of nitrogens with zero attached hydrogens (tertiary/aromatic N) is 1. The summed E-state index contributed by atoms with van der Waals surface area (Å²) in [6.07, 6.45) is 8.60. The van der Waals surface area contributed by atoms with Crippen molar-refractivity contribution in [1.82, 2.24) is 0 Å². The lowest BCUT2D eigenvalue weighted by Crippen LogP contribution is -1.94. The summed E-state index contributed by atoms with van der Waals surface area (Å²) in [5, 5.41) is 8.69. The second-order valence-electron chi connectivity index (χ2n) is 6.18. The molecule has 0 bridgehead atoms. The molecule has 0 amide bonds. The number of nitriles is 1. The highest BCUT2D eigenvalue weighted by molar-refractivity contribution is 5.34. The van der Waals surface area contributed by atoms with E-state index in [0.717, 1.165) is 18.6 Å². The first kappa shape index (κ1) is 26.0. The molecule has 0 N–H and O–H groups in total. The van der Waals surface area contributed by atoms with Gasteiger partial charge in [-0.2, -0.15) is 5.26 Å². The molecule has 0 aliphatic rings. The van der Waals surface area contributed by atoms with Crippen molar-refractivity contribution in [2.24, 2.45) is 0 Å². The maximum Gasteiger partial charge on any atom is 0.119 e. The van der Waals surface area contributed by atoms with Crippen molar-refractivity contribution in [2.75, 3.05) is 6.61 Å². The van der Waals surface area contributed by atoms with Gasteiger partial charge in [-0.25, -0.2) is 0 Å². The van der Waals surface area contributed by atoms with Gasteiger partial charge < -0.3 is 4.74 Å². The van der Waals surface area contributed by atoms with Crippen LogP contribution in [0.25, 0.3) is 0 Å². The van der Waals surface area contributed by atoms with Gasteiger partial charge in [0.25, 0.3) is 0 Å². The highest BCUT2D eigenvalue weighted by Gasteiger charge is 1.94. The van der Waals surface area contributed by atoms with Crippen LogP contribution in [0.1, 0.15) is 73.8 Å². The summed E-state index contributed by atoms with van der Waals surface area (Å²) in [6.45, 7) is 17.1. The molecule has 1 aromatic rings. The average Bonchev–Trinajstić information content (AvgIpc) is 2.64. The Bertz CT molecular complexity index is 590. The molecule has 0 aliphatic heterocycles. The fourth-order valence-corrected chi connectivity index (χ4v) is 1.60. The van der Waals surface area contributed by atoms with Crippen LogP contribution in [0.3, 0.4) is 0 Å². The number of hydrogen-bond acceptors (Lipinski definition) is 2. The molecule has 0 fully saturated rings. The van der Waals surface area contributed by atoms with Gasteiger partial charge >= 0.3 is 0 Å². The van der Waals surface area contributed by atoms with Gasteiger partial charge in [0.15, 0.2) is 0 Å². The molecular formula is C24H37NO. The first-order valence-electron chi connectivity index (χ1n) is 9.40. The lowest BCUT2D eigenvalue weighted by molar-refractivity contribution is 0.361. The molecule has 0 saturated heterocycles. The van der Waals surface area contributed by atoms with E-state index in [1.807, 2.05) is 32.9 Å². The van der Waals surface area contributed by atoms with Crippen LogP contribution in [-0.2, 0) is 0 Å². The molecule has 0 atom stereocenters. The summed E-state index contributed by atoms with van der Waals surface area (Å²) < 4.78 is 5.60. The van der Waals surface area contributed by atoms with Crippen molar-refractivity contribution in [2.45, 2.75) is 68.2 Å². The second-order valence-corrected chi connectivity index (χ2v) is 6.18. The molecule has 0 unspecified atom stereocenters. The van der Waals surface area contributed by atoms with Crippen molar-refractivity contribution < 1.29 is 4.74 Å². The molecule has 26 heavy (non-hydrogen) atoms. The smallest absolute Gasteiger partial charge is 0.119 e. The summed E-state index contributed by atoms with van der Waals surface area (Å²) in [5.41, 5.74) is 4.73. The lowest BCUT2D eigenvalue weighted by atomic mass is 10.1. The minimum absolute atomic E-state index is 0.576. The van der Waals surface area contributed by atoms with Crippen LogP contribution < -0.4 is 4.74 Å². The Kier molecular flexibility index (Phi) is 17.5. The largest absolute Gasteiger partial charge is 0.490 e. The van der Waals surface area contributed by atoms with Crippen molar-refractivity contribution >= 4 is 0 Å². The monoisotopic (exact) mass is 355 g/mol. The zero-order chi connectivity index (χ0) is 20.4. The summed E-state index contributed by atoms with van der Waals surface area (Å²) in [5.74, 6) is 0.798. The van der Waals surface area contributed by atoms with Crippen LogP contribution in [0, 0.1) is 11.3 Å². The van der Waals surface area contributed by atoms with E-state index in [-0.39, 0.29) is 0 Å². The standard InChI is InChI=1S/C17H21NO.C5H10.C2H6/c1-14(2)5-4-6-15(3)11-12-19-17-9-7-16(13-18)8-10-17;1-4-5(2)3;1-2/h5,7-11H,4,6,12H2,1-3H3;4H,1-3H3;1-2H3/b15-11+;;. The molecule has 2 heteroatoms. The van der Waals surface area contributed by atoms with E-state index in [1.165, 1.54) is 16.7 Å². The summed E-state index contributed by atoms with van der Waals surface area (Å²) in [6, 6.07) is 9.27. The maximum absolute atomic E-state index is 8.69. The van der Waals surface area contributed by atoms with Gasteiger partial charge in [-0.3, -0.25) is 0 Å². The highest BCUT2D eigenvalue weighted by atomic mass is 16.5. The topological polar surface area (TPSA) is 33.0 Å². The zero-order valence-corrected chi connectivity index (χ0v) is 18.0. The molecule has 0 saturated carbocycles. The molecule has 0 aliphatic carbocycles. The Balaban J connectivity index is 0. The van der Waals surface area contributed by atoms with E-state index in [0.29, 0.717) is 12.2 Å². The van der Waals surface area contributed by atoms with Crippen LogP contribution in [0.5, 0.6) is 5.75 Å². The summed E-state index contributed by atoms with van der Waals surface area (Å²) >= 11 is 0. The van der Waals surface area contributed by atoms with Crippen molar-refractivity contribution in [1.29, 1.82) is 5.26 Å². The van der Waals surface area contributed by atoms with Gasteiger partial charge in [-0.1, -0.05) is 42.7 Å². The third-order valence-electron chi connectivity index (χ3n) is 3.33. The van der Waals surface area contributed by atoms with Crippen LogP contribution >= 0.6 is 0 Å². The molecule has 1 rings (SSSR count). The average molecular weight is 356 g/mol. The van der Waals surface area contributed by atoms with E-state index >= 15 is 0 Å². The van der Waals surface area contributed by atoms with Crippen molar-refractivity contribution in [3.63, 3.8) is 0 Å². The van der Waals surface area contributed by atoms with Gasteiger partial charge in [-0.15, -0.1) is 0 Å². The predicted octanol–water partition coefficient (Wildman–Crippen LogP) is 7.63. The van der Waals surface area contributed by atoms with Crippen LogP contribution in [0.2, 0.25) is 0 Å². The fourth-order valence-electron chi connectivity index (χ4n) is 1.60. The number of benzene rings is 1. The third-order valence-corrected chi connectivity index (χ3v) is 3.33. The Morgan fingerprint density at radius 3 is 1.92 bits per heavy atom. The van der Waals surface area contributed by atoms with Crippen LogP contribution in [0.4, 0.5) is 0 Å². The Morgan fingerprint density at radius 1 is 0.962 bits per heavy atom. The fraction of sp³-hybridized carbons (Fsp3) is 0.458. The summed E-state index contributed by atoms with van der Waals surface area (Å²) in [7, 11) is 0. The molecule has 0 heterocycles. The Labute approximate surface area is 161 Å². The number of allylic oxidation sites excluding steroid dienone is 5. The molecule has 144 valence electrons. The normalized spacial score (nSPS) is 9.42. The van der Waals surface area contributed by atoms with Gasteiger partial charge in [0, 0.05) is 0 Å². The number of ether oxygens (including phenoxy) is 1. The van der Waals surface area contributed by atoms with Gasteiger partial charge in [0.2, 0.25) is 0 Å². The Morgan fingerprint density at radius 2 is 1.50 bits per heavy atom. The van der Waals surface area contributed by atoms with Gasteiger partial charge in [0.1, 0.15) is 12.4 Å². The van der Waals surface area contributed by atoms with E-state index in [9.17, 15) is 0 Å². The molecular weight excluding hydrogens is 318 g/mol. The SMILES string of the molecule is CC.CC(C)=CCC/C(C)=C/COc1ccc(C#N)cc1.CC=C(C)C. The molecule has 2 nitrogen and oxygen atoms in total. The first-order chi connectivity index (χ1) is 12.4. The molecule has 0 radical (unpaired) electrons. The number of rotatable bonds is 6. The minimum atomic E-state index is 0.576. The molecule has 0 aromatic heterocycles. The zero-order valence-electron chi connectivity index (χ0n) is 18.0. The molecule has 1 aromatic carbocycles. The van der Waals surface area contributed by atoms with Gasteiger partial charge in [-0.05, 0) is 84.7 Å². The highest BCUT2D eigenvalue weighted by Crippen LogP contribution is 2.12. The van der Waals surface area contributed by atoms with E-state index in [1.54, 1.807) is 12.1 Å². The Hall–Kier alpha value is -2.27. The number of hydrogen-bond donors (Lipinski definition) is 0. The third kappa shape index (κ3) is 16.6. The lowest BCUT2D eigenvalue weighted by Gasteiger charge is -2.04. The van der Waals surface area contributed by atoms with E-state index in [4.69, 9.17) is 10.00 Å². The van der Waals surface area contributed by atoms with Crippen molar-refractivity contribution in [3.8, 4) is 11.8 Å². The van der Waals surface area contributed by atoms with Crippen LogP contribution in [-0.4, -0.2) is 6.61 Å². The quantitative estimate of drug-likeness (QED) is 0.491. The van der Waals surface area contributed by atoms with E-state index in [2.05, 4.69) is 58.9 Å². The van der Waals surface area contributed by atoms with Crippen molar-refractivity contribution in [3.05, 3.63) is 64.8 Å². The summed E-state index contributed by atoms with van der Waals surface area (Å²) in [4.78, 5) is 0. The first-order valence-corrected chi connectivity index (χ1v) is 9.40. The molecule has 0 spiro atoms. The second kappa shape index (κ2) is 17.5. The van der Waals surface area contributed by atoms with Crippen LogP contribution in [0.15, 0.2) is 59.2 Å². The van der Waals surface area contributed by atoms with Gasteiger partial charge in [0.05, 0.1) is 11.6 Å². The van der Waals surface area contributed by atoms with E-state index < -0.39 is 0 Å². The minimum Gasteiger partial charge on any atom is -0.490 e. The predicted molar refractivity (Wildman–Crippen MR) is 116 cm³/mol. The maximum atomic E-state index is 8.69.